The van der Waals surface area contributed by atoms with Crippen molar-refractivity contribution in [3.05, 3.63) is 200 Å². The zero-order valence-corrected chi connectivity index (χ0v) is 52.6. The van der Waals surface area contributed by atoms with Crippen LogP contribution in [-0.2, 0) is 4.74 Å². The molecule has 0 radical (unpaired) electrons. The third kappa shape index (κ3) is 14.6. The molecule has 3 aromatic heterocycles. The van der Waals surface area contributed by atoms with Gasteiger partial charge in [0.05, 0.1) is 88.6 Å². The summed E-state index contributed by atoms with van der Waals surface area (Å²) in [7, 11) is 2.15. The molecule has 89 heavy (non-hydrogen) atoms. The van der Waals surface area contributed by atoms with Crippen LogP contribution >= 0.6 is 0 Å². The van der Waals surface area contributed by atoms with Crippen molar-refractivity contribution in [3.8, 4) is 22.9 Å². The number of aromatic nitrogens is 6. The fourth-order valence-electron chi connectivity index (χ4n) is 12.2. The number of hydrogen-bond donors (Lipinski definition) is 2. The molecule has 19 nitrogen and oxygen atoms in total. The molecule has 2 N–H and O–H groups in total. The lowest BCUT2D eigenvalue weighted by Gasteiger charge is -2.38. The van der Waals surface area contributed by atoms with Gasteiger partial charge in [0.25, 0.3) is 16.7 Å². The Morgan fingerprint density at radius 3 is 1.34 bits per heavy atom. The summed E-state index contributed by atoms with van der Waals surface area (Å²) in [6.45, 7) is 26.0. The maximum absolute atomic E-state index is 13.6. The lowest BCUT2D eigenvalue weighted by molar-refractivity contribution is 0.0854. The van der Waals surface area contributed by atoms with Crippen molar-refractivity contribution in [2.24, 2.45) is 0 Å². The summed E-state index contributed by atoms with van der Waals surface area (Å²) in [6, 6.07) is 38.0. The molecule has 5 aromatic carbocycles. The quantitative estimate of drug-likeness (QED) is 0.0884. The molecule has 8 aromatic rings. The molecule has 468 valence electrons. The number of aliphatic hydroxyl groups excluding tert-OH is 1. The van der Waals surface area contributed by atoms with E-state index < -0.39 is 0 Å². The molecule has 3 fully saturated rings. The number of nitrogens with one attached hydrogen (secondary N) is 1. The molecule has 0 saturated carbocycles. The second-order valence-electron chi connectivity index (χ2n) is 22.7. The first-order valence-electron chi connectivity index (χ1n) is 31.6. The van der Waals surface area contributed by atoms with Gasteiger partial charge < -0.3 is 29.5 Å². The first kappa shape index (κ1) is 63.9. The van der Waals surface area contributed by atoms with E-state index in [1.807, 2.05) is 171 Å². The Labute approximate surface area is 521 Å². The van der Waals surface area contributed by atoms with E-state index in [2.05, 4.69) is 57.6 Å². The molecule has 19 heteroatoms. The Morgan fingerprint density at radius 2 is 0.876 bits per heavy atom. The normalized spacial score (nSPS) is 17.3. The van der Waals surface area contributed by atoms with Crippen molar-refractivity contribution in [1.29, 1.82) is 0 Å². The van der Waals surface area contributed by atoms with Gasteiger partial charge in [0.15, 0.2) is 0 Å². The number of hydrogen-bond acceptors (Lipinski definition) is 16. The Bertz CT molecular complexity index is 3990. The number of β-amino-alcohol motifs (C(OH)–C–C–N with tert-alkyl or cyclic N) is 1. The van der Waals surface area contributed by atoms with E-state index in [4.69, 9.17) is 29.2 Å². The van der Waals surface area contributed by atoms with Crippen LogP contribution in [0, 0.1) is 0 Å². The Balaban J connectivity index is 0.000000147. The van der Waals surface area contributed by atoms with E-state index in [9.17, 15) is 19.5 Å². The van der Waals surface area contributed by atoms with Gasteiger partial charge in [-0.25, -0.2) is 15.0 Å². The zero-order chi connectivity index (χ0) is 62.4. The molecule has 3 atom stereocenters. The van der Waals surface area contributed by atoms with Crippen molar-refractivity contribution >= 4 is 38.4 Å². The van der Waals surface area contributed by atoms with Gasteiger partial charge in [-0.15, -0.1) is 0 Å². The Morgan fingerprint density at radius 1 is 0.483 bits per heavy atom. The topological polar surface area (TPSA) is 181 Å². The van der Waals surface area contributed by atoms with Crippen molar-refractivity contribution in [2.45, 2.75) is 66.1 Å². The highest BCUT2D eigenvalue weighted by Gasteiger charge is 2.30. The Kier molecular flexibility index (Phi) is 21.8. The number of likely N-dealkylation sites (N-methyl/N-ethyl adjacent to an activating group) is 1. The zero-order valence-electron chi connectivity index (χ0n) is 52.6. The van der Waals surface area contributed by atoms with E-state index in [0.717, 1.165) is 118 Å². The van der Waals surface area contributed by atoms with Crippen LogP contribution in [-0.4, -0.2) is 177 Å². The number of nitrogens with zero attached hydrogens (tertiary/aromatic N) is 11. The minimum atomic E-state index is -0.0847. The van der Waals surface area contributed by atoms with Crippen LogP contribution in [0.3, 0.4) is 0 Å². The van der Waals surface area contributed by atoms with E-state index >= 15 is 0 Å². The summed E-state index contributed by atoms with van der Waals surface area (Å²) < 4.78 is 22.7. The van der Waals surface area contributed by atoms with Crippen LogP contribution in [0.25, 0.3) is 49.8 Å². The molecule has 3 aliphatic heterocycles. The Hall–Kier alpha value is -8.14. The highest BCUT2D eigenvalue weighted by Crippen LogP contribution is 2.32. The number of allylic oxidation sites excluding steroid dienone is 5. The molecular formula is C70H86N12O7. The van der Waals surface area contributed by atoms with Gasteiger partial charge in [0.1, 0.15) is 34.7 Å². The van der Waals surface area contributed by atoms with Crippen LogP contribution in [0.1, 0.15) is 83.6 Å². The fourth-order valence-corrected chi connectivity index (χ4v) is 12.2. The molecule has 0 amide bonds. The van der Waals surface area contributed by atoms with Crippen LogP contribution < -0.4 is 31.5 Å². The van der Waals surface area contributed by atoms with Gasteiger partial charge in [0.2, 0.25) is 0 Å². The highest BCUT2D eigenvalue weighted by atomic mass is 16.5. The third-order valence-corrected chi connectivity index (χ3v) is 17.1. The first-order valence-corrected chi connectivity index (χ1v) is 31.6. The van der Waals surface area contributed by atoms with Crippen LogP contribution in [0.2, 0.25) is 0 Å². The van der Waals surface area contributed by atoms with Gasteiger partial charge >= 0.3 is 0 Å². The molecule has 0 spiro atoms. The minimum Gasteiger partial charge on any atom is -0.498 e. The molecule has 4 aliphatic rings. The minimum absolute atomic E-state index is 0.00842. The predicted octanol–water partition coefficient (Wildman–Crippen LogP) is 8.63. The standard InChI is InChI=1S/C24H30N4O3.C24H30N4O2.C22H26N4O2/c1-3-31-22-11-7-6-10-21(22)28-23(25-20-9-5-4-8-19(20)24(28)30)18(2)27-14-12-26(13-15-27)16-17-29;1-4-30-20-10-6-5-9-19(17-20)28-23(18(2)27-15-13-26(3)14-16-27)25-22-12-8-7-11-21(22)24(28)29;1-3-28-20-11-7-6-10-19(20)26-21(16(2)25-14-12-23-13-15-25)24-18-9-5-4-8-17(18)22(26)27/h4-11,18,29H,3,12-17H2,1-2H3;5-12,18H,4,13-17H2,1-3H3;4-11,16,23H,3,12-15H2,1-2H3. The van der Waals surface area contributed by atoms with Crippen molar-refractivity contribution in [3.63, 3.8) is 0 Å². The van der Waals surface area contributed by atoms with E-state index in [1.165, 1.54) is 0 Å². The summed E-state index contributed by atoms with van der Waals surface area (Å²) in [5, 5.41) is 14.5. The monoisotopic (exact) mass is 1210 g/mol. The lowest BCUT2D eigenvalue weighted by atomic mass is 10.1. The number of ether oxygens (including phenoxy) is 3. The maximum Gasteiger partial charge on any atom is 0.266 e. The van der Waals surface area contributed by atoms with Crippen molar-refractivity contribution in [1.82, 2.24) is 58.5 Å². The van der Waals surface area contributed by atoms with Gasteiger partial charge in [-0.1, -0.05) is 72.8 Å². The molecule has 1 aliphatic carbocycles. The molecule has 3 saturated heterocycles. The largest absolute Gasteiger partial charge is 0.498 e. The van der Waals surface area contributed by atoms with Crippen LogP contribution in [0.15, 0.2) is 166 Å². The van der Waals surface area contributed by atoms with Crippen molar-refractivity contribution < 1.29 is 19.3 Å². The maximum atomic E-state index is 13.6. The SMILES string of the molecule is CCOC1=CC=CC=C(n2c(C(C)N3CCN(C)CC3)nc3ccccc3c2=O)C1.CCOc1ccccc1-n1c(C(C)N2CCN(CCO)CC2)nc2ccccc2c1=O.CCOc1ccccc1-n1c(C(C)N2CCNCC2)nc2ccccc2c1=O. The molecule has 0 bridgehead atoms. The van der Waals surface area contributed by atoms with E-state index in [1.54, 1.807) is 9.13 Å². The van der Waals surface area contributed by atoms with Gasteiger partial charge in [-0.2, -0.15) is 0 Å². The number of aliphatic hydroxyl groups is 1. The lowest BCUT2D eigenvalue weighted by Crippen LogP contribution is -2.48. The number of benzene rings is 5. The predicted molar refractivity (Wildman–Crippen MR) is 355 cm³/mol. The van der Waals surface area contributed by atoms with E-state index in [0.29, 0.717) is 77.5 Å². The molecule has 12 rings (SSSR count). The summed E-state index contributed by atoms with van der Waals surface area (Å²) in [5.41, 5.74) is 4.37. The number of para-hydroxylation sites is 7. The van der Waals surface area contributed by atoms with Crippen molar-refractivity contribution in [2.75, 3.05) is 119 Å². The van der Waals surface area contributed by atoms with Gasteiger partial charge in [0, 0.05) is 97.2 Å². The second kappa shape index (κ2) is 30.4. The number of fused-ring (bicyclic) bond motifs is 3. The molecule has 3 unspecified atom stereocenters. The summed E-state index contributed by atoms with van der Waals surface area (Å²) in [5.74, 6) is 4.48. The molecular weight excluding hydrogens is 1120 g/mol. The average molecular weight is 1210 g/mol. The highest BCUT2D eigenvalue weighted by molar-refractivity contribution is 5.80. The second-order valence-corrected chi connectivity index (χ2v) is 22.7. The third-order valence-electron chi connectivity index (χ3n) is 17.1. The summed E-state index contributed by atoms with van der Waals surface area (Å²) >= 11 is 0. The molecule has 6 heterocycles. The number of rotatable bonds is 17. The summed E-state index contributed by atoms with van der Waals surface area (Å²) in [4.78, 5) is 67.4. The number of piperazine rings is 3. The van der Waals surface area contributed by atoms with E-state index in [-0.39, 0.29) is 41.4 Å². The summed E-state index contributed by atoms with van der Waals surface area (Å²) in [6.07, 6.45) is 8.45. The van der Waals surface area contributed by atoms with Gasteiger partial charge in [-0.3, -0.25) is 47.7 Å². The first-order chi connectivity index (χ1) is 43.4. The fraction of sp³-hybridized carbons (Fsp3) is 0.400. The van der Waals surface area contributed by atoms with Crippen LogP contribution in [0.4, 0.5) is 0 Å². The smallest absolute Gasteiger partial charge is 0.266 e. The van der Waals surface area contributed by atoms with Crippen LogP contribution in [0.5, 0.6) is 11.5 Å². The average Bonchev–Trinajstić information content (AvgIpc) is 1.09. The van der Waals surface area contributed by atoms with Gasteiger partial charge in [-0.05, 0) is 121 Å².